The second-order valence-electron chi connectivity index (χ2n) is 5.20. The number of hydrogen-bond donors (Lipinski definition) is 0. The Balaban J connectivity index is 1.81. The van der Waals surface area contributed by atoms with Crippen LogP contribution in [-0.4, -0.2) is 65.3 Å². The zero-order valence-corrected chi connectivity index (χ0v) is 15.9. The number of thiophene rings is 1. The Kier molecular flexibility index (Phi) is 3.91. The molecule has 6 heteroatoms. The van der Waals surface area contributed by atoms with Crippen LogP contribution in [0.4, 0.5) is 0 Å². The van der Waals surface area contributed by atoms with Crippen molar-refractivity contribution in [3.8, 4) is 6.07 Å². The van der Waals surface area contributed by atoms with Gasteiger partial charge in [-0.1, -0.05) is 0 Å². The third-order valence-electron chi connectivity index (χ3n) is 4.00. The second kappa shape index (κ2) is 5.50. The third-order valence-corrected chi connectivity index (χ3v) is 6.61. The van der Waals surface area contributed by atoms with Gasteiger partial charge in [0, 0.05) is 0 Å². The number of nitrogens with zero attached hydrogens (tertiary/aromatic N) is 3. The molecule has 2 fully saturated rings. The van der Waals surface area contributed by atoms with Gasteiger partial charge in [-0.15, -0.1) is 0 Å². The molecule has 0 aromatic carbocycles. The van der Waals surface area contributed by atoms with E-state index in [1.807, 2.05) is 0 Å². The van der Waals surface area contributed by atoms with Crippen LogP contribution in [0.25, 0.3) is 0 Å². The van der Waals surface area contributed by atoms with E-state index in [1.54, 1.807) is 12.1 Å². The van der Waals surface area contributed by atoms with Gasteiger partial charge in [-0.3, -0.25) is 0 Å². The summed E-state index contributed by atoms with van der Waals surface area (Å²) < 4.78 is 2.48. The van der Waals surface area contributed by atoms with Crippen LogP contribution in [0.3, 0.4) is 0 Å². The molecule has 0 aliphatic carbocycles. The van der Waals surface area contributed by atoms with Crippen LogP contribution < -0.4 is 0 Å². The summed E-state index contributed by atoms with van der Waals surface area (Å²) in [6, 6.07) is 6.05. The summed E-state index contributed by atoms with van der Waals surface area (Å²) in [4.78, 5) is 16.0. The molecule has 4 nitrogen and oxygen atoms in total. The van der Waals surface area contributed by atoms with Crippen LogP contribution >= 0.6 is 11.3 Å². The van der Waals surface area contributed by atoms with Crippen molar-refractivity contribution in [3.05, 3.63) is 21.9 Å². The van der Waals surface area contributed by atoms with Crippen molar-refractivity contribution in [1.82, 2.24) is 7.61 Å². The molecule has 0 unspecified atom stereocenters. The number of fused-ring (bicyclic) bond motifs is 1. The van der Waals surface area contributed by atoms with Crippen LogP contribution in [0.2, 0.25) is 0 Å². The molecule has 0 radical (unpaired) electrons. The molecule has 2 atom stereocenters. The number of piperidine rings is 1. The topological polar surface area (TPSA) is 47.3 Å². The van der Waals surface area contributed by atoms with E-state index in [0.29, 0.717) is 21.7 Å². The number of rotatable bonds is 1. The Labute approximate surface area is 133 Å². The van der Waals surface area contributed by atoms with Gasteiger partial charge in [0.1, 0.15) is 0 Å². The molecule has 2 aliphatic rings. The SMILES string of the molecule is N#Cc1ccc(C(=O)N2CCC[C@@H]3C[N]([Tl])C[C@@H]32)s1. The van der Waals surface area contributed by atoms with E-state index in [4.69, 9.17) is 5.26 Å². The van der Waals surface area contributed by atoms with Crippen LogP contribution in [0.15, 0.2) is 12.1 Å². The van der Waals surface area contributed by atoms with Gasteiger partial charge < -0.3 is 0 Å². The van der Waals surface area contributed by atoms with Crippen molar-refractivity contribution in [1.29, 1.82) is 5.26 Å². The zero-order chi connectivity index (χ0) is 13.4. The fraction of sp³-hybridized carbons (Fsp3) is 0.538. The molecule has 3 rings (SSSR count). The average Bonchev–Trinajstić information content (AvgIpc) is 3.02. The van der Waals surface area contributed by atoms with Gasteiger partial charge in [0.05, 0.1) is 0 Å². The van der Waals surface area contributed by atoms with E-state index in [-0.39, 0.29) is 5.91 Å². The van der Waals surface area contributed by atoms with Crippen molar-refractivity contribution >= 4 is 43.3 Å². The van der Waals surface area contributed by atoms with Crippen molar-refractivity contribution in [2.24, 2.45) is 5.92 Å². The number of carbonyl (C=O) groups is 1. The van der Waals surface area contributed by atoms with Gasteiger partial charge in [-0.2, -0.15) is 0 Å². The fourth-order valence-electron chi connectivity index (χ4n) is 3.12. The summed E-state index contributed by atoms with van der Waals surface area (Å²) in [6.07, 6.45) is 2.37. The molecular weight excluding hydrogens is 451 g/mol. The zero-order valence-electron chi connectivity index (χ0n) is 10.6. The number of amides is 1. The third kappa shape index (κ3) is 2.58. The Morgan fingerprint density at radius 2 is 2.32 bits per heavy atom. The number of carbonyl (C=O) groups excluding carboxylic acids is 1. The van der Waals surface area contributed by atoms with Gasteiger partial charge in [0.2, 0.25) is 0 Å². The predicted octanol–water partition coefficient (Wildman–Crippen LogP) is 1.24. The van der Waals surface area contributed by atoms with E-state index in [0.717, 1.165) is 45.6 Å². The van der Waals surface area contributed by atoms with Crippen LogP contribution in [0, 0.1) is 17.2 Å². The second-order valence-corrected chi connectivity index (χ2v) is 9.12. The molecule has 1 aromatic rings. The number of likely N-dealkylation sites (tertiary alicyclic amines) is 1. The van der Waals surface area contributed by atoms with E-state index in [1.165, 1.54) is 24.3 Å². The minimum atomic E-state index is 0.126. The van der Waals surface area contributed by atoms with E-state index >= 15 is 0 Å². The quantitative estimate of drug-likeness (QED) is 0.588. The van der Waals surface area contributed by atoms with E-state index in [9.17, 15) is 4.79 Å². The number of hydrogen-bond acceptors (Lipinski definition) is 4. The molecule has 96 valence electrons. The fourth-order valence-corrected chi connectivity index (χ4v) is 5.77. The summed E-state index contributed by atoms with van der Waals surface area (Å²) in [5.41, 5.74) is 0. The van der Waals surface area contributed by atoms with Crippen LogP contribution in [0.1, 0.15) is 27.4 Å². The minimum absolute atomic E-state index is 0.126. The van der Waals surface area contributed by atoms with Crippen molar-refractivity contribution < 1.29 is 4.79 Å². The Morgan fingerprint density at radius 3 is 3.05 bits per heavy atom. The van der Waals surface area contributed by atoms with Gasteiger partial charge in [0.15, 0.2) is 0 Å². The maximum absolute atomic E-state index is 12.6. The van der Waals surface area contributed by atoms with Crippen molar-refractivity contribution in [2.75, 3.05) is 19.6 Å². The number of nitriles is 1. The van der Waals surface area contributed by atoms with Crippen LogP contribution in [-0.2, 0) is 0 Å². The molecule has 1 aromatic heterocycles. The maximum atomic E-state index is 12.6. The predicted molar refractivity (Wildman–Crippen MR) is 73.9 cm³/mol. The summed E-state index contributed by atoms with van der Waals surface area (Å²) in [6.45, 7) is 3.10. The van der Waals surface area contributed by atoms with Gasteiger partial charge in [-0.25, -0.2) is 0 Å². The molecule has 2 aliphatic heterocycles. The van der Waals surface area contributed by atoms with Gasteiger partial charge in [-0.05, 0) is 0 Å². The first-order valence-electron chi connectivity index (χ1n) is 6.49. The molecule has 0 bridgehead atoms. The van der Waals surface area contributed by atoms with E-state index < -0.39 is 0 Å². The standard InChI is InChI=1S/C13H14N3OS.Tl/c14-6-10-3-4-12(18-10)13(17)16-5-1-2-9-7-15-8-11(9)16;/h3-4,9,11H,1-2,5,7-8H2;/q-1;+1/t9-,11+;/m1./s1. The molecule has 2 saturated heterocycles. The average molecular weight is 465 g/mol. The van der Waals surface area contributed by atoms with Crippen molar-refractivity contribution in [3.63, 3.8) is 0 Å². The van der Waals surface area contributed by atoms with Gasteiger partial charge >= 0.3 is 133 Å². The molecule has 0 spiro atoms. The molecule has 0 saturated carbocycles. The molecule has 3 heterocycles. The summed E-state index contributed by atoms with van der Waals surface area (Å²) in [5.74, 6) is 0.791. The summed E-state index contributed by atoms with van der Waals surface area (Å²) in [7, 11) is 0. The van der Waals surface area contributed by atoms with Crippen molar-refractivity contribution in [2.45, 2.75) is 18.9 Å². The molecular formula is C13H14N3OSTl. The molecule has 0 N–H and O–H groups in total. The van der Waals surface area contributed by atoms with Gasteiger partial charge in [0.25, 0.3) is 0 Å². The first kappa shape index (κ1) is 13.5. The molecule has 19 heavy (non-hydrogen) atoms. The molecule has 1 amide bonds. The normalized spacial score (nSPS) is 26.9. The van der Waals surface area contributed by atoms with E-state index in [2.05, 4.69) is 13.7 Å². The first-order chi connectivity index (χ1) is 9.19. The Morgan fingerprint density at radius 1 is 1.47 bits per heavy atom. The Bertz CT molecular complexity index is 538. The summed E-state index contributed by atoms with van der Waals surface area (Å²) >= 11 is 2.19. The monoisotopic (exact) mass is 465 g/mol. The Hall–Kier alpha value is -0.458. The summed E-state index contributed by atoms with van der Waals surface area (Å²) in [5, 5.41) is 8.86. The van der Waals surface area contributed by atoms with Crippen LogP contribution in [0.5, 0.6) is 0 Å². The first-order valence-corrected chi connectivity index (χ1v) is 9.32.